The van der Waals surface area contributed by atoms with Crippen LogP contribution in [0.5, 0.6) is 0 Å². The fourth-order valence-electron chi connectivity index (χ4n) is 3.32. The number of anilines is 1. The van der Waals surface area contributed by atoms with E-state index in [1.54, 1.807) is 60.7 Å². The van der Waals surface area contributed by atoms with Gasteiger partial charge in [-0.25, -0.2) is 0 Å². The minimum absolute atomic E-state index is 0.0534. The Hall–Kier alpha value is -3.13. The number of rotatable bonds is 7. The van der Waals surface area contributed by atoms with Crippen LogP contribution >= 0.6 is 39.1 Å². The van der Waals surface area contributed by atoms with E-state index < -0.39 is 11.8 Å². The molecule has 0 bridgehead atoms. The van der Waals surface area contributed by atoms with Gasteiger partial charge in [-0.1, -0.05) is 63.4 Å². The molecule has 9 heteroatoms. The fourth-order valence-corrected chi connectivity index (χ4v) is 3.96. The zero-order chi connectivity index (χ0) is 24.2. The van der Waals surface area contributed by atoms with E-state index in [0.29, 0.717) is 16.3 Å². The van der Waals surface area contributed by atoms with Crippen molar-refractivity contribution in [2.24, 2.45) is 0 Å². The number of hydrogen-bond acceptors (Lipinski definition) is 4. The monoisotopic (exact) mass is 557 g/mol. The first-order valence-electron chi connectivity index (χ1n) is 10.2. The maximum absolute atomic E-state index is 12.8. The Morgan fingerprint density at radius 1 is 0.824 bits per heavy atom. The van der Waals surface area contributed by atoms with Crippen LogP contribution in [-0.4, -0.2) is 22.6 Å². The number of benzene rings is 3. The number of carbonyl (C=O) groups excluding carboxylic acids is 3. The Morgan fingerprint density at radius 2 is 1.44 bits per heavy atom. The molecule has 0 saturated carbocycles. The van der Waals surface area contributed by atoms with Crippen LogP contribution in [0.15, 0.2) is 88.0 Å². The maximum atomic E-state index is 12.8. The highest BCUT2D eigenvalue weighted by Crippen LogP contribution is 2.25. The Balaban J connectivity index is 1.36. The van der Waals surface area contributed by atoms with E-state index in [1.165, 1.54) is 0 Å². The van der Waals surface area contributed by atoms with Crippen LogP contribution in [0.4, 0.5) is 5.69 Å². The molecule has 1 aliphatic rings. The predicted molar refractivity (Wildman–Crippen MR) is 135 cm³/mol. The van der Waals surface area contributed by atoms with Gasteiger partial charge in [-0.15, -0.1) is 0 Å². The molecule has 34 heavy (non-hydrogen) atoms. The molecule has 0 atom stereocenters. The van der Waals surface area contributed by atoms with Crippen molar-refractivity contribution in [3.63, 3.8) is 0 Å². The van der Waals surface area contributed by atoms with Crippen LogP contribution in [0, 0.1) is 0 Å². The van der Waals surface area contributed by atoms with Gasteiger partial charge in [0, 0.05) is 27.3 Å². The van der Waals surface area contributed by atoms with Crippen LogP contribution in [0.1, 0.15) is 21.5 Å². The van der Waals surface area contributed by atoms with Crippen molar-refractivity contribution in [2.45, 2.75) is 13.1 Å². The first kappa shape index (κ1) is 24.0. The number of amides is 3. The lowest BCUT2D eigenvalue weighted by atomic mass is 10.1. The van der Waals surface area contributed by atoms with Crippen molar-refractivity contribution in [2.75, 3.05) is 5.32 Å². The summed E-state index contributed by atoms with van der Waals surface area (Å²) in [7, 11) is 0. The summed E-state index contributed by atoms with van der Waals surface area (Å²) < 4.78 is 0.924. The minimum Gasteiger partial charge on any atom is -0.375 e. The summed E-state index contributed by atoms with van der Waals surface area (Å²) in [4.78, 5) is 38.8. The number of nitrogens with one attached hydrogen (secondary N) is 2. The van der Waals surface area contributed by atoms with Gasteiger partial charge in [0.25, 0.3) is 17.7 Å². The molecule has 0 spiro atoms. The summed E-state index contributed by atoms with van der Waals surface area (Å²) in [5.41, 5.74) is 2.80. The lowest BCUT2D eigenvalue weighted by molar-refractivity contribution is -0.138. The quantitative estimate of drug-likeness (QED) is 0.377. The molecule has 0 saturated heterocycles. The van der Waals surface area contributed by atoms with Crippen LogP contribution in [0.3, 0.4) is 0 Å². The average molecular weight is 559 g/mol. The van der Waals surface area contributed by atoms with Gasteiger partial charge in [0.05, 0.1) is 6.54 Å². The Kier molecular flexibility index (Phi) is 7.36. The highest BCUT2D eigenvalue weighted by molar-refractivity contribution is 9.10. The molecule has 0 radical (unpaired) electrons. The third-order valence-electron chi connectivity index (χ3n) is 5.15. The standard InChI is InChI=1S/C25H18BrCl2N3O3/c26-18-7-11-20(12-8-18)30-23(32)17-5-1-15(2-6-17)13-29-22-21(28)24(33)31(25(22)34)14-16-3-9-19(27)10-4-16/h1-12,29H,13-14H2,(H,30,32). The number of imide groups is 1. The van der Waals surface area contributed by atoms with Gasteiger partial charge in [-0.2, -0.15) is 0 Å². The third-order valence-corrected chi connectivity index (χ3v) is 6.28. The number of nitrogens with zero attached hydrogens (tertiary/aromatic N) is 1. The molecule has 0 aromatic heterocycles. The van der Waals surface area contributed by atoms with E-state index in [4.69, 9.17) is 23.2 Å². The second-order valence-electron chi connectivity index (χ2n) is 7.52. The molecule has 6 nitrogen and oxygen atoms in total. The summed E-state index contributed by atoms with van der Waals surface area (Å²) in [6, 6.07) is 21.1. The molecular weight excluding hydrogens is 541 g/mol. The zero-order valence-corrected chi connectivity index (χ0v) is 20.7. The minimum atomic E-state index is -0.552. The summed E-state index contributed by atoms with van der Waals surface area (Å²) >= 11 is 15.4. The first-order chi connectivity index (χ1) is 16.3. The first-order valence-corrected chi connectivity index (χ1v) is 11.8. The molecule has 1 aliphatic heterocycles. The van der Waals surface area contributed by atoms with Crippen molar-refractivity contribution in [3.8, 4) is 0 Å². The van der Waals surface area contributed by atoms with Gasteiger partial charge in [0.1, 0.15) is 10.7 Å². The normalized spacial score (nSPS) is 13.4. The Bertz CT molecular complexity index is 1270. The third kappa shape index (κ3) is 5.50. The topological polar surface area (TPSA) is 78.5 Å². The highest BCUT2D eigenvalue weighted by Gasteiger charge is 2.37. The SMILES string of the molecule is O=C(Nc1ccc(Br)cc1)c1ccc(CNC2=C(Cl)C(=O)N(Cc3ccc(Cl)cc3)C2=O)cc1. The van der Waals surface area contributed by atoms with Gasteiger partial charge in [-0.05, 0) is 59.7 Å². The van der Waals surface area contributed by atoms with Gasteiger partial charge in [0.2, 0.25) is 0 Å². The van der Waals surface area contributed by atoms with E-state index in [2.05, 4.69) is 26.6 Å². The summed E-state index contributed by atoms with van der Waals surface area (Å²) in [5.74, 6) is -1.28. The van der Waals surface area contributed by atoms with Crippen LogP contribution < -0.4 is 10.6 Å². The molecule has 172 valence electrons. The largest absolute Gasteiger partial charge is 0.375 e. The predicted octanol–water partition coefficient (Wildman–Crippen LogP) is 5.46. The van der Waals surface area contributed by atoms with Gasteiger partial charge >= 0.3 is 0 Å². The van der Waals surface area contributed by atoms with E-state index >= 15 is 0 Å². The molecule has 3 amide bonds. The van der Waals surface area contributed by atoms with Crippen molar-refractivity contribution in [1.82, 2.24) is 10.2 Å². The van der Waals surface area contributed by atoms with Gasteiger partial charge in [0.15, 0.2) is 0 Å². The fraction of sp³-hybridized carbons (Fsp3) is 0.0800. The molecule has 2 N–H and O–H groups in total. The van der Waals surface area contributed by atoms with E-state index in [-0.39, 0.29) is 29.7 Å². The lowest BCUT2D eigenvalue weighted by Crippen LogP contribution is -2.33. The number of hydrogen-bond donors (Lipinski definition) is 2. The van der Waals surface area contributed by atoms with E-state index in [1.807, 2.05) is 12.1 Å². The smallest absolute Gasteiger partial charge is 0.278 e. The van der Waals surface area contributed by atoms with Crippen molar-refractivity contribution in [1.29, 1.82) is 0 Å². The molecule has 3 aromatic carbocycles. The molecule has 0 unspecified atom stereocenters. The van der Waals surface area contributed by atoms with Crippen molar-refractivity contribution < 1.29 is 14.4 Å². The molecule has 4 rings (SSSR count). The second-order valence-corrected chi connectivity index (χ2v) is 9.25. The molecule has 0 fully saturated rings. The average Bonchev–Trinajstić information content (AvgIpc) is 3.03. The maximum Gasteiger partial charge on any atom is 0.278 e. The lowest BCUT2D eigenvalue weighted by Gasteiger charge is -2.15. The van der Waals surface area contributed by atoms with Crippen LogP contribution in [0.25, 0.3) is 0 Å². The summed E-state index contributed by atoms with van der Waals surface area (Å²) in [6.07, 6.45) is 0. The van der Waals surface area contributed by atoms with E-state index in [9.17, 15) is 14.4 Å². The van der Waals surface area contributed by atoms with Crippen LogP contribution in [0.2, 0.25) is 5.02 Å². The number of halogens is 3. The summed E-state index contributed by atoms with van der Waals surface area (Å²) in [5, 5.41) is 6.21. The number of carbonyl (C=O) groups is 3. The Labute approximate surface area is 214 Å². The van der Waals surface area contributed by atoms with E-state index in [0.717, 1.165) is 20.5 Å². The molecule has 1 heterocycles. The Morgan fingerprint density at radius 3 is 2.09 bits per heavy atom. The summed E-state index contributed by atoms with van der Waals surface area (Å²) in [6.45, 7) is 0.354. The van der Waals surface area contributed by atoms with Crippen LogP contribution in [-0.2, 0) is 22.7 Å². The molecular formula is C25H18BrCl2N3O3. The highest BCUT2D eigenvalue weighted by atomic mass is 79.9. The second kappa shape index (κ2) is 10.4. The van der Waals surface area contributed by atoms with Gasteiger partial charge < -0.3 is 10.6 Å². The molecule has 3 aromatic rings. The van der Waals surface area contributed by atoms with Gasteiger partial charge in [-0.3, -0.25) is 19.3 Å². The zero-order valence-electron chi connectivity index (χ0n) is 17.6. The van der Waals surface area contributed by atoms with Crippen molar-refractivity contribution in [3.05, 3.63) is 110 Å². The molecule has 0 aliphatic carbocycles. The van der Waals surface area contributed by atoms with Crippen molar-refractivity contribution >= 4 is 62.5 Å².